The molecule has 0 aliphatic rings. The van der Waals surface area contributed by atoms with Gasteiger partial charge in [-0.25, -0.2) is 13.1 Å². The van der Waals surface area contributed by atoms with Gasteiger partial charge in [-0.15, -0.1) is 0 Å². The number of hydrogen-bond donors (Lipinski definition) is 2. The van der Waals surface area contributed by atoms with Crippen molar-refractivity contribution in [3.63, 3.8) is 0 Å². The predicted octanol–water partition coefficient (Wildman–Crippen LogP) is 4.10. The summed E-state index contributed by atoms with van der Waals surface area (Å²) >= 11 is 0. The van der Waals surface area contributed by atoms with Gasteiger partial charge in [0.05, 0.1) is 10.5 Å². The Balaban J connectivity index is 2.10. The summed E-state index contributed by atoms with van der Waals surface area (Å²) in [5, 5.41) is 2.70. The minimum atomic E-state index is -4.44. The van der Waals surface area contributed by atoms with Gasteiger partial charge in [0, 0.05) is 23.6 Å². The van der Waals surface area contributed by atoms with E-state index in [9.17, 15) is 26.4 Å². The number of alkyl halides is 3. The van der Waals surface area contributed by atoms with Gasteiger partial charge in [-0.2, -0.15) is 13.2 Å². The second-order valence-corrected chi connectivity index (χ2v) is 9.66. The van der Waals surface area contributed by atoms with Gasteiger partial charge in [0.25, 0.3) is 5.91 Å². The quantitative estimate of drug-likeness (QED) is 0.678. The number of hydrogen-bond acceptors (Lipinski definition) is 3. The van der Waals surface area contributed by atoms with E-state index in [4.69, 9.17) is 0 Å². The van der Waals surface area contributed by atoms with E-state index >= 15 is 0 Å². The van der Waals surface area contributed by atoms with E-state index in [1.807, 2.05) is 0 Å². The second kappa shape index (κ2) is 8.77. The van der Waals surface area contributed by atoms with Gasteiger partial charge in [-0.1, -0.05) is 32.0 Å². The van der Waals surface area contributed by atoms with Gasteiger partial charge < -0.3 is 5.32 Å². The standard InChI is InChI=1S/C21H25F3N2O3S/c1-14(2)26-30(28,29)18-10-8-15(9-11-18)19(27)25-13-20(3,4)16-6-5-7-17(12-16)21(22,23)24/h5-12,14,26H,13H2,1-4H3,(H,25,27). The molecular formula is C21H25F3N2O3S. The maximum atomic E-state index is 13.0. The third-order valence-corrected chi connectivity index (χ3v) is 6.15. The molecule has 1 amide bonds. The fourth-order valence-electron chi connectivity index (χ4n) is 2.79. The van der Waals surface area contributed by atoms with Crippen molar-refractivity contribution in [1.82, 2.24) is 10.0 Å². The number of carbonyl (C=O) groups excluding carboxylic acids is 1. The van der Waals surface area contributed by atoms with Gasteiger partial charge in [0.15, 0.2) is 0 Å². The van der Waals surface area contributed by atoms with Crippen LogP contribution in [0.5, 0.6) is 0 Å². The Kier molecular flexibility index (Phi) is 6.98. The number of carbonyl (C=O) groups is 1. The van der Waals surface area contributed by atoms with E-state index in [0.29, 0.717) is 5.56 Å². The van der Waals surface area contributed by atoms with E-state index in [1.165, 1.54) is 30.3 Å². The SMILES string of the molecule is CC(C)NS(=O)(=O)c1ccc(C(=O)NCC(C)(C)c2cccc(C(F)(F)F)c2)cc1. The first-order valence-corrected chi connectivity index (χ1v) is 10.8. The van der Waals surface area contributed by atoms with Crippen molar-refractivity contribution in [2.45, 2.75) is 50.2 Å². The average Bonchev–Trinajstić information content (AvgIpc) is 2.65. The first kappa shape index (κ1) is 23.9. The lowest BCUT2D eigenvalue weighted by atomic mass is 9.83. The lowest BCUT2D eigenvalue weighted by molar-refractivity contribution is -0.137. The lowest BCUT2D eigenvalue weighted by Gasteiger charge is -2.26. The summed E-state index contributed by atoms with van der Waals surface area (Å²) in [6, 6.07) is 10.2. The van der Waals surface area contributed by atoms with E-state index in [2.05, 4.69) is 10.0 Å². The molecule has 0 radical (unpaired) electrons. The maximum absolute atomic E-state index is 13.0. The molecule has 30 heavy (non-hydrogen) atoms. The molecule has 0 bridgehead atoms. The van der Waals surface area contributed by atoms with Crippen LogP contribution in [-0.2, 0) is 21.6 Å². The van der Waals surface area contributed by atoms with Crippen LogP contribution >= 0.6 is 0 Å². The molecule has 2 rings (SSSR count). The van der Waals surface area contributed by atoms with Gasteiger partial charge in [0.1, 0.15) is 0 Å². The molecule has 0 atom stereocenters. The first-order chi connectivity index (χ1) is 13.7. The van der Waals surface area contributed by atoms with Gasteiger partial charge >= 0.3 is 6.18 Å². The molecule has 0 spiro atoms. The number of benzene rings is 2. The molecule has 2 aromatic rings. The number of sulfonamides is 1. The molecule has 0 saturated carbocycles. The fraction of sp³-hybridized carbons (Fsp3) is 0.381. The Morgan fingerprint density at radius 3 is 2.10 bits per heavy atom. The highest BCUT2D eigenvalue weighted by Gasteiger charge is 2.32. The molecule has 0 unspecified atom stereocenters. The van der Waals surface area contributed by atoms with Crippen molar-refractivity contribution >= 4 is 15.9 Å². The van der Waals surface area contributed by atoms with E-state index in [1.54, 1.807) is 33.8 Å². The largest absolute Gasteiger partial charge is 0.416 e. The Labute approximate surface area is 174 Å². The molecule has 0 saturated heterocycles. The summed E-state index contributed by atoms with van der Waals surface area (Å²) in [4.78, 5) is 12.5. The van der Waals surface area contributed by atoms with Crippen molar-refractivity contribution in [2.24, 2.45) is 0 Å². The molecule has 5 nitrogen and oxygen atoms in total. The van der Waals surface area contributed by atoms with Crippen LogP contribution in [-0.4, -0.2) is 26.9 Å². The summed E-state index contributed by atoms with van der Waals surface area (Å²) in [6.07, 6.45) is -4.44. The first-order valence-electron chi connectivity index (χ1n) is 9.31. The number of amides is 1. The van der Waals surface area contributed by atoms with Crippen LogP contribution < -0.4 is 10.0 Å². The Hall–Kier alpha value is -2.39. The van der Waals surface area contributed by atoms with Gasteiger partial charge in [0.2, 0.25) is 10.0 Å². The van der Waals surface area contributed by atoms with Crippen molar-refractivity contribution in [3.8, 4) is 0 Å². The van der Waals surface area contributed by atoms with Crippen molar-refractivity contribution < 1.29 is 26.4 Å². The number of nitrogens with one attached hydrogen (secondary N) is 2. The highest BCUT2D eigenvalue weighted by atomic mass is 32.2. The van der Waals surface area contributed by atoms with Crippen LogP contribution in [0.1, 0.15) is 49.2 Å². The Bertz CT molecular complexity index is 999. The van der Waals surface area contributed by atoms with E-state index in [0.717, 1.165) is 12.1 Å². The van der Waals surface area contributed by atoms with Crippen molar-refractivity contribution in [1.29, 1.82) is 0 Å². The molecule has 0 fully saturated rings. The molecule has 0 aromatic heterocycles. The zero-order chi connectivity index (χ0) is 22.7. The molecule has 0 aliphatic heterocycles. The summed E-state index contributed by atoms with van der Waals surface area (Å²) < 4.78 is 65.6. The summed E-state index contributed by atoms with van der Waals surface area (Å²) in [5.74, 6) is -0.448. The molecule has 164 valence electrons. The fourth-order valence-corrected chi connectivity index (χ4v) is 4.04. The normalized spacial score (nSPS) is 12.8. The van der Waals surface area contributed by atoms with Gasteiger partial charge in [-0.3, -0.25) is 4.79 Å². The molecule has 0 aliphatic carbocycles. The zero-order valence-corrected chi connectivity index (χ0v) is 18.0. The summed E-state index contributed by atoms with van der Waals surface area (Å²) in [5.41, 5.74) is -0.801. The third kappa shape index (κ3) is 6.06. The van der Waals surface area contributed by atoms with Crippen LogP contribution in [0.3, 0.4) is 0 Å². The minimum absolute atomic E-state index is 0.0389. The highest BCUT2D eigenvalue weighted by molar-refractivity contribution is 7.89. The predicted molar refractivity (Wildman–Crippen MR) is 109 cm³/mol. The second-order valence-electron chi connectivity index (χ2n) is 7.95. The van der Waals surface area contributed by atoms with E-state index in [-0.39, 0.29) is 23.0 Å². The van der Waals surface area contributed by atoms with Crippen LogP contribution in [0, 0.1) is 0 Å². The topological polar surface area (TPSA) is 75.3 Å². The van der Waals surface area contributed by atoms with Crippen LogP contribution in [0.25, 0.3) is 0 Å². The summed E-state index contributed by atoms with van der Waals surface area (Å²) in [7, 11) is -3.66. The molecule has 9 heteroatoms. The summed E-state index contributed by atoms with van der Waals surface area (Å²) in [6.45, 7) is 6.96. The van der Waals surface area contributed by atoms with Crippen molar-refractivity contribution in [2.75, 3.05) is 6.54 Å². The Morgan fingerprint density at radius 2 is 1.57 bits per heavy atom. The van der Waals surface area contributed by atoms with Crippen molar-refractivity contribution in [3.05, 3.63) is 65.2 Å². The average molecular weight is 443 g/mol. The molecular weight excluding hydrogens is 417 g/mol. The van der Waals surface area contributed by atoms with E-state index < -0.39 is 33.1 Å². The maximum Gasteiger partial charge on any atom is 0.416 e. The Morgan fingerprint density at radius 1 is 1.00 bits per heavy atom. The molecule has 2 N–H and O–H groups in total. The lowest BCUT2D eigenvalue weighted by Crippen LogP contribution is -2.36. The third-order valence-electron chi connectivity index (χ3n) is 4.48. The van der Waals surface area contributed by atoms with Crippen LogP contribution in [0.15, 0.2) is 53.4 Å². The molecule has 0 heterocycles. The number of rotatable bonds is 7. The van der Waals surface area contributed by atoms with Gasteiger partial charge in [-0.05, 0) is 49.7 Å². The highest BCUT2D eigenvalue weighted by Crippen LogP contribution is 2.32. The number of halogens is 3. The van der Waals surface area contributed by atoms with Crippen LogP contribution in [0.4, 0.5) is 13.2 Å². The molecule has 2 aromatic carbocycles. The minimum Gasteiger partial charge on any atom is -0.351 e. The zero-order valence-electron chi connectivity index (χ0n) is 17.2. The monoisotopic (exact) mass is 442 g/mol. The smallest absolute Gasteiger partial charge is 0.351 e. The van der Waals surface area contributed by atoms with Crippen LogP contribution in [0.2, 0.25) is 0 Å².